The maximum atomic E-state index is 12.9. The molecule has 0 aromatic heterocycles. The molecule has 0 spiro atoms. The molecule has 136 valence electrons. The first-order valence-corrected chi connectivity index (χ1v) is 8.76. The van der Waals surface area contributed by atoms with E-state index in [1.807, 2.05) is 42.5 Å². The van der Waals surface area contributed by atoms with Crippen molar-refractivity contribution in [2.45, 2.75) is 6.10 Å². The minimum atomic E-state index is -0.960. The molecule has 0 radical (unpaired) electrons. The van der Waals surface area contributed by atoms with Gasteiger partial charge in [-0.15, -0.1) is 0 Å². The van der Waals surface area contributed by atoms with Gasteiger partial charge in [-0.3, -0.25) is 4.79 Å². The van der Waals surface area contributed by atoms with Crippen molar-refractivity contribution < 1.29 is 19.4 Å². The van der Waals surface area contributed by atoms with Crippen LogP contribution >= 0.6 is 0 Å². The van der Waals surface area contributed by atoms with Gasteiger partial charge in [0.15, 0.2) is 0 Å². The fourth-order valence-electron chi connectivity index (χ4n) is 3.48. The van der Waals surface area contributed by atoms with Gasteiger partial charge in [0.2, 0.25) is 0 Å². The van der Waals surface area contributed by atoms with E-state index in [9.17, 15) is 14.7 Å². The molecule has 1 aliphatic heterocycles. The van der Waals surface area contributed by atoms with Crippen LogP contribution in [-0.4, -0.2) is 48.2 Å². The number of amides is 1. The first-order valence-electron chi connectivity index (χ1n) is 8.76. The molecule has 1 N–H and O–H groups in total. The largest absolute Gasteiger partial charge is 0.478 e. The highest BCUT2D eigenvalue weighted by Gasteiger charge is 2.31. The second-order valence-corrected chi connectivity index (χ2v) is 6.66. The van der Waals surface area contributed by atoms with Crippen LogP contribution in [0.2, 0.25) is 0 Å². The van der Waals surface area contributed by atoms with Gasteiger partial charge in [-0.1, -0.05) is 42.5 Å². The number of aromatic carboxylic acids is 1. The van der Waals surface area contributed by atoms with Crippen LogP contribution in [0.3, 0.4) is 0 Å². The number of benzene rings is 3. The van der Waals surface area contributed by atoms with Crippen molar-refractivity contribution in [3.05, 3.63) is 71.8 Å². The Hall–Kier alpha value is -3.18. The van der Waals surface area contributed by atoms with Crippen molar-refractivity contribution in [3.63, 3.8) is 0 Å². The Morgan fingerprint density at radius 2 is 1.74 bits per heavy atom. The zero-order valence-corrected chi connectivity index (χ0v) is 14.9. The SMILES string of the molecule is COC1CN(C(=O)c2ccc(-c3cccc(C(=O)O)c3)c3ccccc23)C1. The molecule has 0 aliphatic carbocycles. The third-order valence-electron chi connectivity index (χ3n) is 5.04. The molecule has 5 nitrogen and oxygen atoms in total. The van der Waals surface area contributed by atoms with Gasteiger partial charge in [-0.2, -0.15) is 0 Å². The Balaban J connectivity index is 1.78. The lowest BCUT2D eigenvalue weighted by Crippen LogP contribution is -2.54. The number of fused-ring (bicyclic) bond motifs is 1. The summed E-state index contributed by atoms with van der Waals surface area (Å²) in [4.78, 5) is 26.0. The highest BCUT2D eigenvalue weighted by molar-refractivity contribution is 6.11. The highest BCUT2D eigenvalue weighted by atomic mass is 16.5. The van der Waals surface area contributed by atoms with Gasteiger partial charge >= 0.3 is 5.97 Å². The normalized spacial score (nSPS) is 14.2. The Labute approximate surface area is 156 Å². The molecule has 0 unspecified atom stereocenters. The predicted octanol–water partition coefficient (Wildman–Crippen LogP) is 3.68. The topological polar surface area (TPSA) is 66.8 Å². The van der Waals surface area contributed by atoms with Gasteiger partial charge in [0.05, 0.1) is 11.7 Å². The first-order chi connectivity index (χ1) is 13.1. The fraction of sp³-hybridized carbons (Fsp3) is 0.182. The molecule has 1 heterocycles. The van der Waals surface area contributed by atoms with E-state index in [1.54, 1.807) is 30.2 Å². The van der Waals surface area contributed by atoms with E-state index in [1.165, 1.54) is 0 Å². The highest BCUT2D eigenvalue weighted by Crippen LogP contribution is 2.32. The third kappa shape index (κ3) is 3.06. The second-order valence-electron chi connectivity index (χ2n) is 6.66. The number of methoxy groups -OCH3 is 1. The second kappa shape index (κ2) is 6.85. The lowest BCUT2D eigenvalue weighted by molar-refractivity contribution is -0.0191. The van der Waals surface area contributed by atoms with Crippen LogP contribution in [0.15, 0.2) is 60.7 Å². The standard InChI is InChI=1S/C22H19NO4/c1-27-16-12-23(13-16)21(24)20-10-9-17(18-7-2-3-8-19(18)20)14-5-4-6-15(11-14)22(25)26/h2-11,16H,12-13H2,1H3,(H,25,26). The molecule has 4 rings (SSSR count). The number of carbonyl (C=O) groups excluding carboxylic acids is 1. The quantitative estimate of drug-likeness (QED) is 0.770. The van der Waals surface area contributed by atoms with Crippen molar-refractivity contribution in [1.82, 2.24) is 4.90 Å². The molecule has 27 heavy (non-hydrogen) atoms. The average molecular weight is 361 g/mol. The maximum Gasteiger partial charge on any atom is 0.335 e. The molecule has 0 saturated carbocycles. The summed E-state index contributed by atoms with van der Waals surface area (Å²) in [5, 5.41) is 11.1. The summed E-state index contributed by atoms with van der Waals surface area (Å²) >= 11 is 0. The Morgan fingerprint density at radius 3 is 2.44 bits per heavy atom. The molecule has 1 saturated heterocycles. The lowest BCUT2D eigenvalue weighted by Gasteiger charge is -2.38. The smallest absolute Gasteiger partial charge is 0.335 e. The predicted molar refractivity (Wildman–Crippen MR) is 103 cm³/mol. The number of rotatable bonds is 4. The van der Waals surface area contributed by atoms with E-state index in [0.29, 0.717) is 18.7 Å². The summed E-state index contributed by atoms with van der Waals surface area (Å²) in [7, 11) is 1.65. The number of carboxylic acid groups (broad SMARTS) is 1. The van der Waals surface area contributed by atoms with Crippen molar-refractivity contribution in [1.29, 1.82) is 0 Å². The number of carboxylic acids is 1. The van der Waals surface area contributed by atoms with Gasteiger partial charge in [-0.25, -0.2) is 4.79 Å². The number of nitrogens with zero attached hydrogens (tertiary/aromatic N) is 1. The van der Waals surface area contributed by atoms with E-state index >= 15 is 0 Å². The van der Waals surface area contributed by atoms with Crippen LogP contribution < -0.4 is 0 Å². The Morgan fingerprint density at radius 1 is 1.00 bits per heavy atom. The number of carbonyl (C=O) groups is 2. The summed E-state index contributed by atoms with van der Waals surface area (Å²) in [5.41, 5.74) is 2.61. The van der Waals surface area contributed by atoms with Gasteiger partial charge in [0.1, 0.15) is 0 Å². The van der Waals surface area contributed by atoms with Gasteiger partial charge < -0.3 is 14.7 Å². The summed E-state index contributed by atoms with van der Waals surface area (Å²) < 4.78 is 5.26. The van der Waals surface area contributed by atoms with Gasteiger partial charge in [0.25, 0.3) is 5.91 Å². The van der Waals surface area contributed by atoms with Crippen molar-refractivity contribution in [3.8, 4) is 11.1 Å². The summed E-state index contributed by atoms with van der Waals surface area (Å²) in [5.74, 6) is -0.969. The molecule has 0 atom stereocenters. The van der Waals surface area contributed by atoms with Gasteiger partial charge in [0, 0.05) is 25.8 Å². The number of hydrogen-bond acceptors (Lipinski definition) is 3. The molecule has 3 aromatic rings. The third-order valence-corrected chi connectivity index (χ3v) is 5.04. The fourth-order valence-corrected chi connectivity index (χ4v) is 3.48. The minimum absolute atomic E-state index is 0.00895. The zero-order chi connectivity index (χ0) is 19.0. The molecular formula is C22H19NO4. The van der Waals surface area contributed by atoms with E-state index in [4.69, 9.17) is 4.74 Å². The van der Waals surface area contributed by atoms with Crippen LogP contribution in [0.4, 0.5) is 0 Å². The maximum absolute atomic E-state index is 12.9. The zero-order valence-electron chi connectivity index (χ0n) is 14.9. The number of hydrogen-bond donors (Lipinski definition) is 1. The lowest BCUT2D eigenvalue weighted by atomic mass is 9.93. The molecule has 3 aromatic carbocycles. The van der Waals surface area contributed by atoms with E-state index in [-0.39, 0.29) is 17.6 Å². The molecule has 1 aliphatic rings. The summed E-state index contributed by atoms with van der Waals surface area (Å²) in [6.07, 6.45) is 0.109. The molecule has 5 heteroatoms. The van der Waals surface area contributed by atoms with E-state index in [0.717, 1.165) is 21.9 Å². The molecule has 1 fully saturated rings. The van der Waals surface area contributed by atoms with Crippen LogP contribution in [-0.2, 0) is 4.74 Å². The Kier molecular flexibility index (Phi) is 4.38. The monoisotopic (exact) mass is 361 g/mol. The van der Waals surface area contributed by atoms with Crippen molar-refractivity contribution >= 4 is 22.6 Å². The van der Waals surface area contributed by atoms with Gasteiger partial charge in [-0.05, 0) is 40.1 Å². The number of ether oxygens (including phenoxy) is 1. The van der Waals surface area contributed by atoms with Crippen LogP contribution in [0.1, 0.15) is 20.7 Å². The van der Waals surface area contributed by atoms with E-state index < -0.39 is 5.97 Å². The Bertz CT molecular complexity index is 1040. The van der Waals surface area contributed by atoms with Crippen LogP contribution in [0, 0.1) is 0 Å². The van der Waals surface area contributed by atoms with E-state index in [2.05, 4.69) is 0 Å². The summed E-state index contributed by atoms with van der Waals surface area (Å²) in [6.45, 7) is 1.21. The van der Waals surface area contributed by atoms with Crippen LogP contribution in [0.25, 0.3) is 21.9 Å². The number of likely N-dealkylation sites (tertiary alicyclic amines) is 1. The minimum Gasteiger partial charge on any atom is -0.478 e. The van der Waals surface area contributed by atoms with Crippen molar-refractivity contribution in [2.24, 2.45) is 0 Å². The summed E-state index contributed by atoms with van der Waals surface area (Å²) in [6, 6.07) is 18.3. The van der Waals surface area contributed by atoms with Crippen LogP contribution in [0.5, 0.6) is 0 Å². The molecule has 1 amide bonds. The molecular weight excluding hydrogens is 342 g/mol. The molecule has 0 bridgehead atoms. The van der Waals surface area contributed by atoms with Crippen molar-refractivity contribution in [2.75, 3.05) is 20.2 Å². The first kappa shape index (κ1) is 17.2. The average Bonchev–Trinajstić information content (AvgIpc) is 2.66.